The molecule has 0 spiro atoms. The Morgan fingerprint density at radius 1 is 1.16 bits per heavy atom. The minimum Gasteiger partial charge on any atom is -0.369 e. The first-order chi connectivity index (χ1) is 14.8. The van der Waals surface area contributed by atoms with E-state index in [2.05, 4.69) is 49.3 Å². The summed E-state index contributed by atoms with van der Waals surface area (Å²) in [5.74, 6) is 0.137. The predicted molar refractivity (Wildman–Crippen MR) is 128 cm³/mol. The summed E-state index contributed by atoms with van der Waals surface area (Å²) >= 11 is 6.56. The van der Waals surface area contributed by atoms with E-state index in [0.29, 0.717) is 16.5 Å². The number of nitrogens with one attached hydrogen (secondary N) is 1. The molecule has 3 aromatic rings. The molecule has 0 radical (unpaired) electrons. The number of anilines is 1. The number of hydrogen-bond acceptors (Lipinski definition) is 3. The standard InChI is InChI=1S/C25H27ClN4O/c1-17-15-25(2,3)29(4)23-14-21(26)18(13-20(17)23)16-27-28-24(31)19-9-5-6-10-22(19)30-11-7-8-12-30/h5-14,16-17H,15H2,1-4H3,(H,28,31)/b27-16+. The fraction of sp³-hybridized carbons (Fsp3) is 0.280. The van der Waals surface area contributed by atoms with E-state index < -0.39 is 0 Å². The van der Waals surface area contributed by atoms with Crippen LogP contribution in [0, 0.1) is 0 Å². The number of hydrogen-bond donors (Lipinski definition) is 1. The number of amides is 1. The molecular formula is C25H27ClN4O. The van der Waals surface area contributed by atoms with Crippen LogP contribution in [0.15, 0.2) is 66.0 Å². The summed E-state index contributed by atoms with van der Waals surface area (Å²) in [6.07, 6.45) is 6.48. The highest BCUT2D eigenvalue weighted by molar-refractivity contribution is 6.33. The highest BCUT2D eigenvalue weighted by Crippen LogP contribution is 2.44. The molecular weight excluding hydrogens is 408 g/mol. The van der Waals surface area contributed by atoms with Gasteiger partial charge >= 0.3 is 0 Å². The smallest absolute Gasteiger partial charge is 0.273 e. The number of rotatable bonds is 4. The zero-order chi connectivity index (χ0) is 22.2. The summed E-state index contributed by atoms with van der Waals surface area (Å²) in [5, 5.41) is 4.80. The molecule has 0 fully saturated rings. The van der Waals surface area contributed by atoms with Crippen LogP contribution in [-0.2, 0) is 0 Å². The van der Waals surface area contributed by atoms with Crippen molar-refractivity contribution in [2.75, 3.05) is 11.9 Å². The molecule has 6 heteroatoms. The van der Waals surface area contributed by atoms with Crippen molar-refractivity contribution in [1.29, 1.82) is 0 Å². The lowest BCUT2D eigenvalue weighted by atomic mass is 9.80. The molecule has 0 aliphatic carbocycles. The second-order valence-corrected chi connectivity index (χ2v) is 9.12. The molecule has 1 unspecified atom stereocenters. The lowest BCUT2D eigenvalue weighted by molar-refractivity contribution is 0.0955. The quantitative estimate of drug-likeness (QED) is 0.428. The first kappa shape index (κ1) is 21.2. The normalized spacial score (nSPS) is 17.6. The Kier molecular flexibility index (Phi) is 5.63. The van der Waals surface area contributed by atoms with Gasteiger partial charge in [0.2, 0.25) is 0 Å². The Bertz CT molecular complexity index is 1130. The molecule has 2 aromatic carbocycles. The number of para-hydroxylation sites is 1. The maximum atomic E-state index is 12.8. The largest absolute Gasteiger partial charge is 0.369 e. The molecule has 160 valence electrons. The van der Waals surface area contributed by atoms with Gasteiger partial charge in [-0.25, -0.2) is 5.43 Å². The number of carbonyl (C=O) groups is 1. The third-order valence-electron chi connectivity index (χ3n) is 6.15. The minimum absolute atomic E-state index is 0.0758. The lowest BCUT2D eigenvalue weighted by Gasteiger charge is -2.45. The summed E-state index contributed by atoms with van der Waals surface area (Å²) in [5.41, 5.74) is 7.24. The van der Waals surface area contributed by atoms with Crippen LogP contribution in [0.25, 0.3) is 5.69 Å². The van der Waals surface area contributed by atoms with Gasteiger partial charge in [-0.15, -0.1) is 0 Å². The average molecular weight is 435 g/mol. The molecule has 31 heavy (non-hydrogen) atoms. The van der Waals surface area contributed by atoms with Crippen LogP contribution < -0.4 is 10.3 Å². The van der Waals surface area contributed by atoms with Crippen molar-refractivity contribution in [2.24, 2.45) is 5.10 Å². The Labute approximate surface area is 188 Å². The minimum atomic E-state index is -0.274. The van der Waals surface area contributed by atoms with Crippen molar-refractivity contribution >= 4 is 29.4 Å². The molecule has 0 saturated heterocycles. The monoisotopic (exact) mass is 434 g/mol. The Hall–Kier alpha value is -3.05. The topological polar surface area (TPSA) is 49.6 Å². The van der Waals surface area contributed by atoms with Gasteiger partial charge in [-0.05, 0) is 68.1 Å². The fourth-order valence-electron chi connectivity index (χ4n) is 4.31. The summed E-state index contributed by atoms with van der Waals surface area (Å²) in [6.45, 7) is 6.73. The van der Waals surface area contributed by atoms with Crippen LogP contribution in [0.5, 0.6) is 0 Å². The molecule has 1 aliphatic rings. The van der Waals surface area contributed by atoms with Gasteiger partial charge < -0.3 is 9.47 Å². The SMILES string of the molecule is CC1CC(C)(C)N(C)c2cc(Cl)c(/C=N/NC(=O)c3ccccc3-n3cccc3)cc21. The van der Waals surface area contributed by atoms with Crippen LogP contribution in [0.2, 0.25) is 5.02 Å². The van der Waals surface area contributed by atoms with E-state index >= 15 is 0 Å². The number of nitrogens with zero attached hydrogens (tertiary/aromatic N) is 3. The number of aromatic nitrogens is 1. The van der Waals surface area contributed by atoms with Gasteiger partial charge in [0.05, 0.1) is 22.5 Å². The molecule has 1 aromatic heterocycles. The highest BCUT2D eigenvalue weighted by Gasteiger charge is 2.34. The van der Waals surface area contributed by atoms with Crippen molar-refractivity contribution < 1.29 is 4.79 Å². The summed E-state index contributed by atoms with van der Waals surface area (Å²) in [6, 6.07) is 15.3. The molecule has 1 N–H and O–H groups in total. The van der Waals surface area contributed by atoms with Crippen LogP contribution in [-0.4, -0.2) is 29.3 Å². The molecule has 0 saturated carbocycles. The average Bonchev–Trinajstić information content (AvgIpc) is 3.27. The van der Waals surface area contributed by atoms with Gasteiger partial charge in [0.1, 0.15) is 0 Å². The number of benzene rings is 2. The van der Waals surface area contributed by atoms with E-state index in [1.807, 2.05) is 53.4 Å². The third kappa shape index (κ3) is 4.10. The number of hydrazone groups is 1. The van der Waals surface area contributed by atoms with Crippen molar-refractivity contribution in [1.82, 2.24) is 9.99 Å². The first-order valence-corrected chi connectivity index (χ1v) is 10.8. The van der Waals surface area contributed by atoms with Gasteiger partial charge in [0.15, 0.2) is 0 Å². The van der Waals surface area contributed by atoms with Gasteiger partial charge in [-0.1, -0.05) is 30.7 Å². The highest BCUT2D eigenvalue weighted by atomic mass is 35.5. The van der Waals surface area contributed by atoms with Crippen LogP contribution in [0.3, 0.4) is 0 Å². The van der Waals surface area contributed by atoms with E-state index in [4.69, 9.17) is 11.6 Å². The summed E-state index contributed by atoms with van der Waals surface area (Å²) < 4.78 is 1.90. The second kappa shape index (κ2) is 8.23. The van der Waals surface area contributed by atoms with Gasteiger partial charge in [-0.3, -0.25) is 4.79 Å². The van der Waals surface area contributed by atoms with E-state index in [9.17, 15) is 4.79 Å². The van der Waals surface area contributed by atoms with Gasteiger partial charge in [0.25, 0.3) is 5.91 Å². The number of halogens is 1. The molecule has 1 atom stereocenters. The van der Waals surface area contributed by atoms with E-state index in [0.717, 1.165) is 23.4 Å². The van der Waals surface area contributed by atoms with Crippen LogP contribution in [0.4, 0.5) is 5.69 Å². The maximum Gasteiger partial charge on any atom is 0.273 e. The van der Waals surface area contributed by atoms with Crippen molar-refractivity contribution in [3.63, 3.8) is 0 Å². The zero-order valence-electron chi connectivity index (χ0n) is 18.3. The number of fused-ring (bicyclic) bond motifs is 1. The van der Waals surface area contributed by atoms with Crippen molar-refractivity contribution in [2.45, 2.75) is 38.6 Å². The lowest BCUT2D eigenvalue weighted by Crippen LogP contribution is -2.45. The molecule has 4 rings (SSSR count). The van der Waals surface area contributed by atoms with Gasteiger partial charge in [-0.2, -0.15) is 5.10 Å². The first-order valence-electron chi connectivity index (χ1n) is 10.4. The van der Waals surface area contributed by atoms with Gasteiger partial charge in [0, 0.05) is 36.2 Å². The van der Waals surface area contributed by atoms with Crippen LogP contribution in [0.1, 0.15) is 54.6 Å². The second-order valence-electron chi connectivity index (χ2n) is 8.72. The zero-order valence-corrected chi connectivity index (χ0v) is 19.0. The Balaban J connectivity index is 1.56. The Morgan fingerprint density at radius 2 is 1.87 bits per heavy atom. The third-order valence-corrected chi connectivity index (χ3v) is 6.48. The molecule has 5 nitrogen and oxygen atoms in total. The molecule has 0 bridgehead atoms. The fourth-order valence-corrected chi connectivity index (χ4v) is 4.52. The van der Waals surface area contributed by atoms with E-state index in [-0.39, 0.29) is 11.4 Å². The number of carbonyl (C=O) groups excluding carboxylic acids is 1. The van der Waals surface area contributed by atoms with Crippen molar-refractivity contribution in [3.05, 3.63) is 82.6 Å². The van der Waals surface area contributed by atoms with E-state index in [1.165, 1.54) is 5.56 Å². The Morgan fingerprint density at radius 3 is 2.61 bits per heavy atom. The molecule has 2 heterocycles. The molecule has 1 aliphatic heterocycles. The van der Waals surface area contributed by atoms with Crippen LogP contribution >= 0.6 is 11.6 Å². The van der Waals surface area contributed by atoms with E-state index in [1.54, 1.807) is 12.3 Å². The van der Waals surface area contributed by atoms with Crippen molar-refractivity contribution in [3.8, 4) is 5.69 Å². The summed E-state index contributed by atoms with van der Waals surface area (Å²) in [4.78, 5) is 15.0. The summed E-state index contributed by atoms with van der Waals surface area (Å²) in [7, 11) is 2.11. The molecule has 1 amide bonds. The maximum absolute atomic E-state index is 12.8. The predicted octanol–water partition coefficient (Wildman–Crippen LogP) is 5.62.